The number of anilines is 2. The summed E-state index contributed by atoms with van der Waals surface area (Å²) in [7, 11) is 0. The van der Waals surface area contributed by atoms with E-state index in [1.165, 1.54) is 17.8 Å². The zero-order chi connectivity index (χ0) is 23.4. The minimum absolute atomic E-state index is 0.0227. The van der Waals surface area contributed by atoms with Crippen molar-refractivity contribution in [3.63, 3.8) is 0 Å². The Hall–Kier alpha value is -2.94. The first kappa shape index (κ1) is 23.2. The number of thiazole rings is 1. The number of fused-ring (bicyclic) bond motifs is 1. The molecule has 2 heterocycles. The Morgan fingerprint density at radius 2 is 2.03 bits per heavy atom. The average molecular weight is 472 g/mol. The number of hydrogen-bond donors (Lipinski definition) is 0. The summed E-state index contributed by atoms with van der Waals surface area (Å²) in [5, 5.41) is 2.48. The van der Waals surface area contributed by atoms with Crippen molar-refractivity contribution < 1.29 is 23.9 Å². The molecule has 8 nitrogen and oxygen atoms in total. The fourth-order valence-electron chi connectivity index (χ4n) is 4.40. The Morgan fingerprint density at radius 3 is 2.76 bits per heavy atom. The largest absolute Gasteiger partial charge is 0.479 e. The number of hydrogen-bond acceptors (Lipinski definition) is 7. The lowest BCUT2D eigenvalue weighted by Crippen LogP contribution is -2.47. The molecule has 9 heteroatoms. The van der Waals surface area contributed by atoms with Gasteiger partial charge in [-0.15, -0.1) is 11.3 Å². The lowest BCUT2D eigenvalue weighted by Gasteiger charge is -2.34. The highest BCUT2D eigenvalue weighted by atomic mass is 32.1. The first-order valence-electron chi connectivity index (χ1n) is 11.4. The minimum atomic E-state index is -0.935. The normalized spacial score (nSPS) is 19.4. The molecule has 1 aliphatic heterocycles. The number of carbonyl (C=O) groups is 3. The van der Waals surface area contributed by atoms with Crippen molar-refractivity contribution in [3.8, 4) is 5.75 Å². The van der Waals surface area contributed by atoms with Crippen LogP contribution in [0.1, 0.15) is 52.4 Å². The molecule has 0 bridgehead atoms. The SMILES string of the molecule is C[C@H](OC(=O)CCN1C(=O)[C@@H](C)Oc2ccccc21)C(=O)N(c1nccs1)C1CCCCC1. The smallest absolute Gasteiger partial charge is 0.308 e. The van der Waals surface area contributed by atoms with Crippen molar-refractivity contribution in [3.05, 3.63) is 35.8 Å². The molecule has 176 valence electrons. The van der Waals surface area contributed by atoms with Crippen LogP contribution < -0.4 is 14.5 Å². The van der Waals surface area contributed by atoms with Crippen molar-refractivity contribution in [1.29, 1.82) is 0 Å². The Morgan fingerprint density at radius 1 is 1.27 bits per heavy atom. The van der Waals surface area contributed by atoms with E-state index in [9.17, 15) is 14.4 Å². The average Bonchev–Trinajstić information content (AvgIpc) is 3.34. The van der Waals surface area contributed by atoms with Gasteiger partial charge in [0.25, 0.3) is 11.8 Å². The molecule has 0 N–H and O–H groups in total. The van der Waals surface area contributed by atoms with Gasteiger partial charge in [-0.2, -0.15) is 0 Å². The van der Waals surface area contributed by atoms with Crippen LogP contribution in [0.4, 0.5) is 10.8 Å². The van der Waals surface area contributed by atoms with Crippen molar-refractivity contribution >= 4 is 39.9 Å². The summed E-state index contributed by atoms with van der Waals surface area (Å²) in [6, 6.07) is 7.30. The fraction of sp³-hybridized carbons (Fsp3) is 0.500. The van der Waals surface area contributed by atoms with Gasteiger partial charge >= 0.3 is 5.97 Å². The van der Waals surface area contributed by atoms with Crippen molar-refractivity contribution in [1.82, 2.24) is 4.98 Å². The number of benzene rings is 1. The number of aromatic nitrogens is 1. The predicted octanol–water partition coefficient (Wildman–Crippen LogP) is 3.94. The number of amides is 2. The molecule has 1 saturated carbocycles. The van der Waals surface area contributed by atoms with Crippen molar-refractivity contribution in [2.24, 2.45) is 0 Å². The Bertz CT molecular complexity index is 990. The monoisotopic (exact) mass is 471 g/mol. The minimum Gasteiger partial charge on any atom is -0.479 e. The van der Waals surface area contributed by atoms with E-state index >= 15 is 0 Å². The summed E-state index contributed by atoms with van der Waals surface area (Å²) in [6.07, 6.45) is 5.24. The second kappa shape index (κ2) is 10.3. The maximum Gasteiger partial charge on any atom is 0.308 e. The number of esters is 1. The van der Waals surface area contributed by atoms with Crippen LogP contribution in [0, 0.1) is 0 Å². The van der Waals surface area contributed by atoms with Crippen LogP contribution in [0.25, 0.3) is 0 Å². The van der Waals surface area contributed by atoms with Crippen LogP contribution in [-0.2, 0) is 19.1 Å². The van der Waals surface area contributed by atoms with Gasteiger partial charge in [-0.25, -0.2) is 4.98 Å². The molecule has 0 radical (unpaired) electrons. The summed E-state index contributed by atoms with van der Waals surface area (Å²) in [5.41, 5.74) is 0.629. The molecule has 1 fully saturated rings. The zero-order valence-electron chi connectivity index (χ0n) is 18.9. The summed E-state index contributed by atoms with van der Waals surface area (Å²) in [6.45, 7) is 3.44. The Labute approximate surface area is 197 Å². The number of para-hydroxylation sites is 2. The Balaban J connectivity index is 1.39. The lowest BCUT2D eigenvalue weighted by molar-refractivity contribution is -0.154. The van der Waals surface area contributed by atoms with Gasteiger partial charge in [-0.3, -0.25) is 19.3 Å². The Kier molecular flexibility index (Phi) is 7.27. The molecule has 0 unspecified atom stereocenters. The standard InChI is InChI=1S/C24H29N3O5S/c1-16-22(29)26(19-10-6-7-11-20(19)31-16)14-12-21(28)32-17(2)23(30)27(24-25-13-15-33-24)18-8-4-3-5-9-18/h6-7,10-11,13,15-18H,3-5,8-9,12,14H2,1-2H3/t16-,17+/m1/s1. The van der Waals surface area contributed by atoms with Crippen LogP contribution >= 0.6 is 11.3 Å². The number of carbonyl (C=O) groups excluding carboxylic acids is 3. The van der Waals surface area contributed by atoms with Gasteiger partial charge in [-0.1, -0.05) is 31.4 Å². The van der Waals surface area contributed by atoms with Crippen LogP contribution in [0.5, 0.6) is 5.75 Å². The highest BCUT2D eigenvalue weighted by Crippen LogP contribution is 2.34. The molecule has 2 aliphatic rings. The maximum atomic E-state index is 13.3. The molecule has 1 aromatic heterocycles. The second-order valence-corrected chi connectivity index (χ2v) is 9.29. The number of ether oxygens (including phenoxy) is 2. The van der Waals surface area contributed by atoms with Crippen molar-refractivity contribution in [2.45, 2.75) is 70.6 Å². The molecule has 33 heavy (non-hydrogen) atoms. The summed E-state index contributed by atoms with van der Waals surface area (Å²) in [5.74, 6) is -0.388. The van der Waals surface area contributed by atoms with Gasteiger partial charge in [0.2, 0.25) is 0 Å². The van der Waals surface area contributed by atoms with E-state index < -0.39 is 18.2 Å². The quantitative estimate of drug-likeness (QED) is 0.568. The highest BCUT2D eigenvalue weighted by molar-refractivity contribution is 7.13. The van der Waals surface area contributed by atoms with Gasteiger partial charge < -0.3 is 14.4 Å². The second-order valence-electron chi connectivity index (χ2n) is 8.41. The van der Waals surface area contributed by atoms with E-state index in [2.05, 4.69) is 4.98 Å². The molecule has 2 aromatic rings. The fourth-order valence-corrected chi connectivity index (χ4v) is 5.12. The topological polar surface area (TPSA) is 89.0 Å². The third-order valence-electron chi connectivity index (χ3n) is 6.07. The molecular formula is C24H29N3O5S. The van der Waals surface area contributed by atoms with Crippen LogP contribution in [0.3, 0.4) is 0 Å². The zero-order valence-corrected chi connectivity index (χ0v) is 19.8. The highest BCUT2D eigenvalue weighted by Gasteiger charge is 2.34. The van der Waals surface area contributed by atoms with E-state index in [0.717, 1.165) is 25.7 Å². The number of rotatable bonds is 7. The van der Waals surface area contributed by atoms with Gasteiger partial charge in [0, 0.05) is 24.2 Å². The van der Waals surface area contributed by atoms with Gasteiger partial charge in [-0.05, 0) is 38.8 Å². The van der Waals surface area contributed by atoms with Gasteiger partial charge in [0.1, 0.15) is 5.75 Å². The molecule has 2 amide bonds. The van der Waals surface area contributed by atoms with Crippen LogP contribution in [-0.4, -0.2) is 47.6 Å². The van der Waals surface area contributed by atoms with Gasteiger partial charge in [0.05, 0.1) is 12.1 Å². The predicted molar refractivity (Wildman–Crippen MR) is 126 cm³/mol. The molecule has 2 atom stereocenters. The molecule has 0 spiro atoms. The van der Waals surface area contributed by atoms with E-state index in [4.69, 9.17) is 9.47 Å². The van der Waals surface area contributed by atoms with Crippen molar-refractivity contribution in [2.75, 3.05) is 16.3 Å². The molecule has 4 rings (SSSR count). The molecule has 1 aliphatic carbocycles. The molecule has 1 aromatic carbocycles. The summed E-state index contributed by atoms with van der Waals surface area (Å²) < 4.78 is 11.1. The van der Waals surface area contributed by atoms with Crippen LogP contribution in [0.2, 0.25) is 0 Å². The first-order valence-corrected chi connectivity index (χ1v) is 12.3. The first-order chi connectivity index (χ1) is 16.0. The number of nitrogens with zero attached hydrogens (tertiary/aromatic N) is 3. The lowest BCUT2D eigenvalue weighted by atomic mass is 9.94. The van der Waals surface area contributed by atoms with Gasteiger partial charge in [0.15, 0.2) is 17.3 Å². The van der Waals surface area contributed by atoms with E-state index in [1.54, 1.807) is 42.0 Å². The summed E-state index contributed by atoms with van der Waals surface area (Å²) >= 11 is 1.41. The third-order valence-corrected chi connectivity index (χ3v) is 6.84. The molecular weight excluding hydrogens is 442 g/mol. The van der Waals surface area contributed by atoms with E-state index in [1.807, 2.05) is 17.5 Å². The maximum absolute atomic E-state index is 13.3. The van der Waals surface area contributed by atoms with Crippen LogP contribution in [0.15, 0.2) is 35.8 Å². The molecule has 0 saturated heterocycles. The van der Waals surface area contributed by atoms with E-state index in [-0.39, 0.29) is 30.8 Å². The summed E-state index contributed by atoms with van der Waals surface area (Å²) in [4.78, 5) is 46.1. The van der Waals surface area contributed by atoms with E-state index in [0.29, 0.717) is 16.6 Å². The third kappa shape index (κ3) is 5.19.